The Bertz CT molecular complexity index is 750. The van der Waals surface area contributed by atoms with E-state index in [4.69, 9.17) is 0 Å². The number of carbonyl (C=O) groups is 1. The molecule has 24 heavy (non-hydrogen) atoms. The lowest BCUT2D eigenvalue weighted by molar-refractivity contribution is -0.129. The van der Waals surface area contributed by atoms with Crippen LogP contribution in [0.25, 0.3) is 0 Å². The quantitative estimate of drug-likeness (QED) is 0.868. The molecule has 1 aromatic heterocycles. The molecule has 1 unspecified atom stereocenters. The zero-order chi connectivity index (χ0) is 16.7. The molecular weight excluding hydrogens is 300 g/mol. The highest BCUT2D eigenvalue weighted by Gasteiger charge is 2.37. The Morgan fingerprint density at radius 1 is 1.29 bits per heavy atom. The molecule has 0 N–H and O–H groups in total. The first-order valence-corrected chi connectivity index (χ1v) is 8.78. The third-order valence-corrected chi connectivity index (χ3v) is 5.42. The molecule has 1 saturated heterocycles. The second kappa shape index (κ2) is 5.72. The van der Waals surface area contributed by atoms with Crippen molar-refractivity contribution in [2.45, 2.75) is 43.9 Å². The standard InChI is InChI=1S/C19H24N4O/c1-19(15-6-4-3-5-7-15)10-11-23(13-19)17(24)12-16-20-18(14-8-9-14)21-22(16)2/h3-7,14H,8-13H2,1-2H3. The van der Waals surface area contributed by atoms with Gasteiger partial charge in [0.15, 0.2) is 5.82 Å². The topological polar surface area (TPSA) is 51.0 Å². The Kier molecular flexibility index (Phi) is 3.66. The zero-order valence-corrected chi connectivity index (χ0v) is 14.4. The van der Waals surface area contributed by atoms with Crippen molar-refractivity contribution >= 4 is 5.91 Å². The van der Waals surface area contributed by atoms with E-state index in [0.717, 1.165) is 31.2 Å². The van der Waals surface area contributed by atoms with E-state index in [1.54, 1.807) is 4.68 Å². The summed E-state index contributed by atoms with van der Waals surface area (Å²) < 4.78 is 1.78. The molecule has 1 aliphatic carbocycles. The highest BCUT2D eigenvalue weighted by Crippen LogP contribution is 2.38. The van der Waals surface area contributed by atoms with E-state index in [2.05, 4.69) is 41.3 Å². The van der Waals surface area contributed by atoms with Crippen molar-refractivity contribution in [2.24, 2.45) is 7.05 Å². The molecule has 2 aliphatic rings. The van der Waals surface area contributed by atoms with Gasteiger partial charge in [-0.1, -0.05) is 37.3 Å². The number of rotatable bonds is 4. The molecule has 0 spiro atoms. The number of nitrogens with zero attached hydrogens (tertiary/aromatic N) is 4. The predicted octanol–water partition coefficient (Wildman–Crippen LogP) is 2.43. The van der Waals surface area contributed by atoms with Gasteiger partial charge in [-0.25, -0.2) is 4.98 Å². The Hall–Kier alpha value is -2.17. The van der Waals surface area contributed by atoms with Crippen molar-refractivity contribution in [1.29, 1.82) is 0 Å². The molecule has 5 nitrogen and oxygen atoms in total. The number of carbonyl (C=O) groups excluding carboxylic acids is 1. The van der Waals surface area contributed by atoms with Crippen LogP contribution in [-0.2, 0) is 23.7 Å². The largest absolute Gasteiger partial charge is 0.341 e. The van der Waals surface area contributed by atoms with Gasteiger partial charge >= 0.3 is 0 Å². The predicted molar refractivity (Wildman–Crippen MR) is 91.7 cm³/mol. The van der Waals surface area contributed by atoms with E-state index in [1.165, 1.54) is 18.4 Å². The van der Waals surface area contributed by atoms with Crippen LogP contribution >= 0.6 is 0 Å². The van der Waals surface area contributed by atoms with Gasteiger partial charge in [0.05, 0.1) is 6.42 Å². The van der Waals surface area contributed by atoms with Crippen LogP contribution in [-0.4, -0.2) is 38.7 Å². The van der Waals surface area contributed by atoms with Crippen molar-refractivity contribution in [3.8, 4) is 0 Å². The third kappa shape index (κ3) is 2.83. The van der Waals surface area contributed by atoms with Crippen LogP contribution in [0.15, 0.2) is 30.3 Å². The molecule has 2 fully saturated rings. The van der Waals surface area contributed by atoms with Crippen molar-refractivity contribution < 1.29 is 4.79 Å². The number of aryl methyl sites for hydroxylation is 1. The molecule has 2 heterocycles. The Labute approximate surface area is 142 Å². The average molecular weight is 324 g/mol. The number of hydrogen-bond donors (Lipinski definition) is 0. The summed E-state index contributed by atoms with van der Waals surface area (Å²) in [6, 6.07) is 10.5. The maximum atomic E-state index is 12.7. The first-order chi connectivity index (χ1) is 11.5. The molecule has 4 rings (SSSR count). The van der Waals surface area contributed by atoms with Crippen LogP contribution in [0.2, 0.25) is 0 Å². The molecule has 1 atom stereocenters. The van der Waals surface area contributed by atoms with Crippen LogP contribution in [0.4, 0.5) is 0 Å². The lowest BCUT2D eigenvalue weighted by Gasteiger charge is -2.25. The van der Waals surface area contributed by atoms with Crippen molar-refractivity contribution in [1.82, 2.24) is 19.7 Å². The van der Waals surface area contributed by atoms with E-state index in [9.17, 15) is 4.79 Å². The van der Waals surface area contributed by atoms with E-state index in [-0.39, 0.29) is 11.3 Å². The molecule has 0 bridgehead atoms. The SMILES string of the molecule is Cn1nc(C2CC2)nc1CC(=O)N1CCC(C)(c2ccccc2)C1. The summed E-state index contributed by atoms with van der Waals surface area (Å²) in [6.45, 7) is 3.85. The molecule has 1 aromatic carbocycles. The van der Waals surface area contributed by atoms with Gasteiger partial charge < -0.3 is 4.90 Å². The monoisotopic (exact) mass is 324 g/mol. The van der Waals surface area contributed by atoms with E-state index < -0.39 is 0 Å². The first kappa shape index (κ1) is 15.4. The van der Waals surface area contributed by atoms with Crippen LogP contribution in [0.5, 0.6) is 0 Å². The fourth-order valence-corrected chi connectivity index (χ4v) is 3.60. The lowest BCUT2D eigenvalue weighted by Crippen LogP contribution is -2.34. The highest BCUT2D eigenvalue weighted by molar-refractivity contribution is 5.78. The number of hydrogen-bond acceptors (Lipinski definition) is 3. The van der Waals surface area contributed by atoms with Gasteiger partial charge in [-0.2, -0.15) is 5.10 Å². The van der Waals surface area contributed by atoms with Gasteiger partial charge in [0, 0.05) is 31.5 Å². The summed E-state index contributed by atoms with van der Waals surface area (Å²) in [4.78, 5) is 19.3. The van der Waals surface area contributed by atoms with E-state index in [1.807, 2.05) is 18.0 Å². The molecule has 2 aromatic rings. The summed E-state index contributed by atoms with van der Waals surface area (Å²) >= 11 is 0. The van der Waals surface area contributed by atoms with Crippen LogP contribution < -0.4 is 0 Å². The van der Waals surface area contributed by atoms with Crippen LogP contribution in [0.1, 0.15) is 49.3 Å². The normalized spacial score (nSPS) is 23.7. The second-order valence-electron chi connectivity index (χ2n) is 7.45. The summed E-state index contributed by atoms with van der Waals surface area (Å²) in [5, 5.41) is 4.46. The van der Waals surface area contributed by atoms with Gasteiger partial charge in [0.1, 0.15) is 5.82 Å². The zero-order valence-electron chi connectivity index (χ0n) is 14.4. The Morgan fingerprint density at radius 3 is 2.75 bits per heavy atom. The molecule has 0 radical (unpaired) electrons. The van der Waals surface area contributed by atoms with Crippen LogP contribution in [0.3, 0.4) is 0 Å². The smallest absolute Gasteiger partial charge is 0.230 e. The fourth-order valence-electron chi connectivity index (χ4n) is 3.60. The number of benzene rings is 1. The summed E-state index contributed by atoms with van der Waals surface area (Å²) in [6.07, 6.45) is 3.72. The second-order valence-corrected chi connectivity index (χ2v) is 7.45. The third-order valence-electron chi connectivity index (χ3n) is 5.42. The van der Waals surface area contributed by atoms with Crippen molar-refractivity contribution in [3.63, 3.8) is 0 Å². The maximum absolute atomic E-state index is 12.7. The number of aromatic nitrogens is 3. The van der Waals surface area contributed by atoms with E-state index in [0.29, 0.717) is 12.3 Å². The van der Waals surface area contributed by atoms with Crippen molar-refractivity contribution in [2.75, 3.05) is 13.1 Å². The molecule has 5 heteroatoms. The minimum Gasteiger partial charge on any atom is -0.341 e. The maximum Gasteiger partial charge on any atom is 0.230 e. The number of amides is 1. The van der Waals surface area contributed by atoms with Gasteiger partial charge in [0.2, 0.25) is 5.91 Å². The van der Waals surface area contributed by atoms with E-state index >= 15 is 0 Å². The highest BCUT2D eigenvalue weighted by atomic mass is 16.2. The Balaban J connectivity index is 1.44. The van der Waals surface area contributed by atoms with Gasteiger partial charge in [-0.3, -0.25) is 9.48 Å². The summed E-state index contributed by atoms with van der Waals surface area (Å²) in [5.74, 6) is 2.38. The summed E-state index contributed by atoms with van der Waals surface area (Å²) in [5.41, 5.74) is 1.37. The minimum absolute atomic E-state index is 0.0516. The fraction of sp³-hybridized carbons (Fsp3) is 0.526. The van der Waals surface area contributed by atoms with Gasteiger partial charge in [0.25, 0.3) is 0 Å². The average Bonchev–Trinajstić information content (AvgIpc) is 3.27. The van der Waals surface area contributed by atoms with Crippen molar-refractivity contribution in [3.05, 3.63) is 47.5 Å². The lowest BCUT2D eigenvalue weighted by atomic mass is 9.82. The minimum atomic E-state index is 0.0516. The molecule has 1 saturated carbocycles. The first-order valence-electron chi connectivity index (χ1n) is 8.78. The van der Waals surface area contributed by atoms with Crippen LogP contribution in [0, 0.1) is 0 Å². The molecular formula is C19H24N4O. The number of likely N-dealkylation sites (tertiary alicyclic amines) is 1. The van der Waals surface area contributed by atoms with Gasteiger partial charge in [-0.15, -0.1) is 0 Å². The Morgan fingerprint density at radius 2 is 2.04 bits per heavy atom. The van der Waals surface area contributed by atoms with Gasteiger partial charge in [-0.05, 0) is 24.8 Å². The summed E-state index contributed by atoms with van der Waals surface area (Å²) in [7, 11) is 1.89. The molecule has 1 amide bonds. The molecule has 126 valence electrons. The molecule has 1 aliphatic heterocycles.